The lowest BCUT2D eigenvalue weighted by Gasteiger charge is -2.25. The number of hydrazone groups is 1. The third-order valence-electron chi connectivity index (χ3n) is 5.83. The molecule has 2 aromatic carbocycles. The number of thioether (sulfide) groups is 1. The van der Waals surface area contributed by atoms with E-state index in [1.165, 1.54) is 16.1 Å². The summed E-state index contributed by atoms with van der Waals surface area (Å²) in [6, 6.07) is 15.0. The van der Waals surface area contributed by atoms with Crippen molar-refractivity contribution in [1.82, 2.24) is 9.91 Å². The van der Waals surface area contributed by atoms with Crippen LogP contribution in [0.5, 0.6) is 0 Å². The van der Waals surface area contributed by atoms with Gasteiger partial charge in [0.15, 0.2) is 6.04 Å². The zero-order chi connectivity index (χ0) is 25.8. The van der Waals surface area contributed by atoms with Crippen LogP contribution in [0.2, 0.25) is 0 Å². The average Bonchev–Trinajstić information content (AvgIpc) is 3.40. The van der Waals surface area contributed by atoms with Crippen LogP contribution >= 0.6 is 24.0 Å². The van der Waals surface area contributed by atoms with E-state index in [1.54, 1.807) is 6.92 Å². The third kappa shape index (κ3) is 5.50. The second-order valence-electron chi connectivity index (χ2n) is 8.34. The van der Waals surface area contributed by atoms with Crippen molar-refractivity contribution in [2.45, 2.75) is 38.8 Å². The smallest absolute Gasteiger partial charge is 0.329 e. The molecule has 2 aliphatic heterocycles. The Balaban J connectivity index is 1.62. The van der Waals surface area contributed by atoms with Crippen LogP contribution in [-0.2, 0) is 25.5 Å². The van der Waals surface area contributed by atoms with Crippen molar-refractivity contribution in [1.29, 1.82) is 0 Å². The Kier molecular flexibility index (Phi) is 7.85. The minimum atomic E-state index is -1.05. The summed E-state index contributed by atoms with van der Waals surface area (Å²) in [6.07, 6.45) is 1.83. The normalized spacial score (nSPS) is 19.6. The second-order valence-corrected chi connectivity index (χ2v) is 10.0. The Bertz CT molecular complexity index is 1240. The van der Waals surface area contributed by atoms with Crippen molar-refractivity contribution >= 4 is 51.9 Å². The number of hydrogen-bond donors (Lipinski definition) is 1. The minimum absolute atomic E-state index is 0.166. The van der Waals surface area contributed by atoms with Gasteiger partial charge in [-0.2, -0.15) is 5.10 Å². The van der Waals surface area contributed by atoms with Gasteiger partial charge in [-0.25, -0.2) is 9.59 Å². The summed E-state index contributed by atoms with van der Waals surface area (Å²) >= 11 is 6.49. The summed E-state index contributed by atoms with van der Waals surface area (Å²) in [5.41, 5.74) is 3.37. The number of ether oxygens (including phenoxy) is 1. The van der Waals surface area contributed by atoms with Crippen LogP contribution in [0.4, 0.5) is 0 Å². The summed E-state index contributed by atoms with van der Waals surface area (Å²) in [5.74, 6) is -2.09. The number of esters is 1. The van der Waals surface area contributed by atoms with Gasteiger partial charge in [0.25, 0.3) is 5.91 Å². The van der Waals surface area contributed by atoms with Crippen LogP contribution < -0.4 is 0 Å². The molecule has 10 heteroatoms. The average molecular weight is 524 g/mol. The lowest BCUT2D eigenvalue weighted by Crippen LogP contribution is -2.46. The molecule has 36 heavy (non-hydrogen) atoms. The first-order valence-electron chi connectivity index (χ1n) is 11.4. The number of carboxylic acid groups (broad SMARTS) is 1. The molecule has 0 bridgehead atoms. The molecule has 0 aromatic heterocycles. The summed E-state index contributed by atoms with van der Waals surface area (Å²) in [5, 5.41) is 15.6. The summed E-state index contributed by atoms with van der Waals surface area (Å²) in [4.78, 5) is 39.7. The Hall–Kier alpha value is -3.50. The number of hydrogen-bond acceptors (Lipinski definition) is 8. The highest BCUT2D eigenvalue weighted by Gasteiger charge is 2.42. The van der Waals surface area contributed by atoms with Gasteiger partial charge < -0.3 is 9.84 Å². The molecule has 8 nitrogen and oxygen atoms in total. The van der Waals surface area contributed by atoms with E-state index >= 15 is 0 Å². The first-order valence-corrected chi connectivity index (χ1v) is 12.6. The van der Waals surface area contributed by atoms with Gasteiger partial charge in [-0.05, 0) is 25.0 Å². The maximum absolute atomic E-state index is 13.4. The highest BCUT2D eigenvalue weighted by Crippen LogP contribution is 2.35. The number of rotatable bonds is 8. The van der Waals surface area contributed by atoms with Crippen molar-refractivity contribution in [3.8, 4) is 0 Å². The van der Waals surface area contributed by atoms with E-state index in [4.69, 9.17) is 17.0 Å². The number of amides is 1. The summed E-state index contributed by atoms with van der Waals surface area (Å²) < 4.78 is 5.45. The van der Waals surface area contributed by atoms with Gasteiger partial charge >= 0.3 is 11.9 Å². The molecule has 2 aliphatic rings. The molecule has 0 radical (unpaired) electrons. The molecule has 0 unspecified atom stereocenters. The van der Waals surface area contributed by atoms with Crippen molar-refractivity contribution in [3.05, 3.63) is 82.4 Å². The number of carboxylic acids is 1. The zero-order valence-electron chi connectivity index (χ0n) is 19.8. The van der Waals surface area contributed by atoms with Crippen molar-refractivity contribution < 1.29 is 24.2 Å². The molecule has 4 rings (SSSR count). The highest BCUT2D eigenvalue weighted by atomic mass is 32.2. The first kappa shape index (κ1) is 25.6. The number of carbonyl (C=O) groups excluding carboxylic acids is 2. The van der Waals surface area contributed by atoms with E-state index in [0.717, 1.165) is 28.5 Å². The number of aliphatic carboxylic acids is 1. The first-order chi connectivity index (χ1) is 17.3. The van der Waals surface area contributed by atoms with Crippen LogP contribution in [0, 0.1) is 6.92 Å². The van der Waals surface area contributed by atoms with Crippen LogP contribution in [0.1, 0.15) is 30.0 Å². The highest BCUT2D eigenvalue weighted by molar-refractivity contribution is 8.26. The van der Waals surface area contributed by atoms with Crippen LogP contribution in [0.25, 0.3) is 0 Å². The van der Waals surface area contributed by atoms with Crippen molar-refractivity contribution in [2.75, 3.05) is 6.61 Å². The van der Waals surface area contributed by atoms with Crippen LogP contribution in [0.3, 0.4) is 0 Å². The number of aryl methyl sites for hydroxylation is 1. The van der Waals surface area contributed by atoms with E-state index in [1.807, 2.05) is 61.5 Å². The number of nitrogens with zero attached hydrogens (tertiary/aromatic N) is 3. The van der Waals surface area contributed by atoms with Gasteiger partial charge in [-0.1, -0.05) is 84.1 Å². The fraction of sp³-hybridized carbons (Fsp3) is 0.269. The molecule has 186 valence electrons. The third-order valence-corrected chi connectivity index (χ3v) is 7.15. The maximum atomic E-state index is 13.4. The van der Waals surface area contributed by atoms with E-state index < -0.39 is 29.9 Å². The number of benzene rings is 2. The molecule has 2 heterocycles. The van der Waals surface area contributed by atoms with Crippen LogP contribution in [0.15, 0.2) is 70.8 Å². The quantitative estimate of drug-likeness (QED) is 0.317. The minimum Gasteiger partial charge on any atom is -0.480 e. The Morgan fingerprint density at radius 3 is 2.56 bits per heavy atom. The molecule has 2 atom stereocenters. The molecular weight excluding hydrogens is 498 g/mol. The molecular formula is C26H25N3O5S2. The van der Waals surface area contributed by atoms with E-state index in [0.29, 0.717) is 5.71 Å². The number of carbonyl (C=O) groups is 3. The van der Waals surface area contributed by atoms with Gasteiger partial charge in [-0.15, -0.1) is 0 Å². The van der Waals surface area contributed by atoms with Crippen molar-refractivity contribution in [2.24, 2.45) is 5.10 Å². The molecule has 1 saturated heterocycles. The predicted octanol–water partition coefficient (Wildman–Crippen LogP) is 3.73. The molecule has 1 N–H and O–H groups in total. The molecule has 1 fully saturated rings. The lowest BCUT2D eigenvalue weighted by atomic mass is 10.0. The van der Waals surface area contributed by atoms with Crippen molar-refractivity contribution in [3.63, 3.8) is 0 Å². The number of thiocarbonyl (C=S) groups is 1. The molecule has 0 saturated carbocycles. The standard InChI is InChI=1S/C26H25N3O5S2/c1-3-34-25(33)21(13-17-7-5-4-6-8-17)29-23(30)22(36-26(29)35)15-28-20(24(31)32)14-19(27-28)18-11-9-16(2)10-12-18/h4-12,15,20-21H,3,13-14H2,1-2H3,(H,31,32)/b22-15-/t20-,21-/m1/s1. The van der Waals surface area contributed by atoms with Gasteiger partial charge in [0.2, 0.25) is 0 Å². The topological polar surface area (TPSA) is 99.5 Å². The van der Waals surface area contributed by atoms with Gasteiger partial charge in [-0.3, -0.25) is 14.7 Å². The second kappa shape index (κ2) is 11.0. The Morgan fingerprint density at radius 1 is 1.22 bits per heavy atom. The fourth-order valence-corrected chi connectivity index (χ4v) is 5.30. The Labute approximate surface area is 218 Å². The monoisotopic (exact) mass is 523 g/mol. The summed E-state index contributed by atoms with van der Waals surface area (Å²) in [6.45, 7) is 3.83. The Morgan fingerprint density at radius 2 is 1.92 bits per heavy atom. The molecule has 0 spiro atoms. The van der Waals surface area contributed by atoms with Gasteiger partial charge in [0.05, 0.1) is 17.2 Å². The van der Waals surface area contributed by atoms with Crippen LogP contribution in [-0.4, -0.2) is 61.6 Å². The van der Waals surface area contributed by atoms with Gasteiger partial charge in [0.1, 0.15) is 10.4 Å². The largest absolute Gasteiger partial charge is 0.480 e. The lowest BCUT2D eigenvalue weighted by molar-refractivity contribution is -0.150. The maximum Gasteiger partial charge on any atom is 0.329 e. The SMILES string of the molecule is CCOC(=O)[C@@H](Cc1ccccc1)N1C(=O)/C(=C/N2N=C(c3ccc(C)cc3)C[C@@H]2C(=O)O)SC1=S. The zero-order valence-corrected chi connectivity index (χ0v) is 21.4. The van der Waals surface area contributed by atoms with Gasteiger partial charge in [0, 0.05) is 19.0 Å². The molecule has 0 aliphatic carbocycles. The molecule has 2 aromatic rings. The van der Waals surface area contributed by atoms with E-state index in [9.17, 15) is 19.5 Å². The summed E-state index contributed by atoms with van der Waals surface area (Å²) in [7, 11) is 0. The van der Waals surface area contributed by atoms with E-state index in [-0.39, 0.29) is 28.7 Å². The predicted molar refractivity (Wildman–Crippen MR) is 141 cm³/mol. The van der Waals surface area contributed by atoms with E-state index in [2.05, 4.69) is 5.10 Å². The molecule has 1 amide bonds. The fourth-order valence-electron chi connectivity index (χ4n) is 3.98.